The zero-order chi connectivity index (χ0) is 25.2. The Morgan fingerprint density at radius 2 is 1.74 bits per heavy atom. The average molecular weight is 485 g/mol. The molecule has 3 aromatic rings. The Morgan fingerprint density at radius 1 is 1.09 bits per heavy atom. The number of aliphatic carboxylic acids is 1. The summed E-state index contributed by atoms with van der Waals surface area (Å²) in [5.41, 5.74) is -5.44. The number of ether oxygens (including phenoxy) is 2. The first-order valence-corrected chi connectivity index (χ1v) is 10.5. The van der Waals surface area contributed by atoms with Crippen LogP contribution in [0.5, 0.6) is 11.5 Å². The molecule has 4 atom stereocenters. The van der Waals surface area contributed by atoms with Gasteiger partial charge >= 0.3 is 12.1 Å². The number of halogens is 3. The summed E-state index contributed by atoms with van der Waals surface area (Å²) >= 11 is 0. The van der Waals surface area contributed by atoms with E-state index in [4.69, 9.17) is 9.47 Å². The molecule has 2 aliphatic rings. The highest BCUT2D eigenvalue weighted by molar-refractivity contribution is 6.09. The highest BCUT2D eigenvalue weighted by Crippen LogP contribution is 2.68. The van der Waals surface area contributed by atoms with Crippen molar-refractivity contribution in [2.75, 3.05) is 7.11 Å². The molecule has 1 fully saturated rings. The molecule has 0 amide bonds. The van der Waals surface area contributed by atoms with Crippen LogP contribution in [0.25, 0.3) is 0 Å². The van der Waals surface area contributed by atoms with Crippen molar-refractivity contribution in [3.05, 3.63) is 89.2 Å². The first-order valence-electron chi connectivity index (χ1n) is 10.5. The van der Waals surface area contributed by atoms with E-state index in [1.807, 2.05) is 0 Å². The lowest BCUT2D eigenvalue weighted by atomic mass is 9.70. The van der Waals surface area contributed by atoms with Gasteiger partial charge in [-0.1, -0.05) is 42.5 Å². The van der Waals surface area contributed by atoms with Crippen molar-refractivity contribution in [2.45, 2.75) is 23.3 Å². The molecule has 180 valence electrons. The molecule has 0 unspecified atom stereocenters. The molecule has 2 aromatic carbocycles. The number of rotatable bonds is 4. The van der Waals surface area contributed by atoms with E-state index in [1.165, 1.54) is 19.5 Å². The molecule has 5 rings (SSSR count). The molecular formula is C25H18F3NO6. The third kappa shape index (κ3) is 2.92. The van der Waals surface area contributed by atoms with E-state index in [9.17, 15) is 33.0 Å². The van der Waals surface area contributed by atoms with Crippen LogP contribution in [-0.2, 0) is 27.0 Å². The number of benzene rings is 2. The maximum Gasteiger partial charge on any atom is 0.416 e. The van der Waals surface area contributed by atoms with Crippen molar-refractivity contribution in [3.63, 3.8) is 0 Å². The monoisotopic (exact) mass is 485 g/mol. The number of fused-ring (bicyclic) bond motifs is 3. The molecule has 2 N–H and O–H groups in total. The Labute approximate surface area is 196 Å². The molecule has 0 radical (unpaired) electrons. The fourth-order valence-electron chi connectivity index (χ4n) is 5.35. The number of carbonyl (C=O) groups excluding carboxylic acids is 1. The van der Waals surface area contributed by atoms with E-state index in [0.29, 0.717) is 5.56 Å². The lowest BCUT2D eigenvalue weighted by Gasteiger charge is -2.39. The summed E-state index contributed by atoms with van der Waals surface area (Å²) in [6.45, 7) is 0. The zero-order valence-electron chi connectivity index (χ0n) is 18.1. The van der Waals surface area contributed by atoms with Crippen molar-refractivity contribution in [1.82, 2.24) is 4.98 Å². The van der Waals surface area contributed by atoms with E-state index >= 15 is 0 Å². The normalized spacial score (nSPS) is 27.2. The second kappa shape index (κ2) is 7.54. The minimum Gasteiger partial charge on any atom is -0.495 e. The van der Waals surface area contributed by atoms with Crippen LogP contribution >= 0.6 is 0 Å². The van der Waals surface area contributed by atoms with E-state index in [1.54, 1.807) is 30.3 Å². The van der Waals surface area contributed by atoms with Crippen molar-refractivity contribution in [2.24, 2.45) is 5.92 Å². The summed E-state index contributed by atoms with van der Waals surface area (Å²) in [4.78, 5) is 30.2. The van der Waals surface area contributed by atoms with Gasteiger partial charge in [0, 0.05) is 0 Å². The van der Waals surface area contributed by atoms with E-state index in [-0.39, 0.29) is 22.6 Å². The molecule has 0 spiro atoms. The number of ketones is 1. The second-order valence-electron chi connectivity index (χ2n) is 8.41. The number of carboxylic acids is 1. The Kier molecular flexibility index (Phi) is 4.92. The summed E-state index contributed by atoms with van der Waals surface area (Å²) in [6, 6.07) is 11.9. The quantitative estimate of drug-likeness (QED) is 0.544. The fourth-order valence-corrected chi connectivity index (χ4v) is 5.35. The minimum absolute atomic E-state index is 0.00259. The zero-order valence-corrected chi connectivity index (χ0v) is 18.1. The van der Waals surface area contributed by atoms with E-state index in [0.717, 1.165) is 24.3 Å². The van der Waals surface area contributed by atoms with Gasteiger partial charge in [0.2, 0.25) is 5.60 Å². The van der Waals surface area contributed by atoms with Gasteiger partial charge in [0.1, 0.15) is 17.4 Å². The maximum absolute atomic E-state index is 13.8. The maximum atomic E-state index is 13.8. The number of nitrogens with zero attached hydrogens (tertiary/aromatic N) is 1. The summed E-state index contributed by atoms with van der Waals surface area (Å²) in [6.07, 6.45) is -2.15. The Bertz CT molecular complexity index is 1330. The summed E-state index contributed by atoms with van der Waals surface area (Å²) in [5.74, 6) is -5.70. The standard InChI is InChI=1S/C25H18F3NO6/c1-34-16-11-29-12-17-20(16)23(33)21(30)18(22(31)32)19(13-5-3-2-4-6-13)24(23,35-17)14-7-9-15(10-8-14)25(26,27)28/h2-12,18-19,33H,1H3,(H,31,32)/t18-,19-,23+,24+/m1/s1. The first kappa shape index (κ1) is 22.9. The van der Waals surface area contributed by atoms with Gasteiger partial charge in [0.25, 0.3) is 0 Å². The van der Waals surface area contributed by atoms with E-state index in [2.05, 4.69) is 4.98 Å². The van der Waals surface area contributed by atoms with Crippen LogP contribution in [-0.4, -0.2) is 34.1 Å². The number of aromatic nitrogens is 1. The van der Waals surface area contributed by atoms with Crippen molar-refractivity contribution in [3.8, 4) is 11.5 Å². The Balaban J connectivity index is 1.86. The molecule has 10 heteroatoms. The number of alkyl halides is 3. The number of Topliss-reactive ketones (excluding diaryl/α,β-unsaturated/α-hetero) is 1. The van der Waals surface area contributed by atoms with Gasteiger partial charge < -0.3 is 19.7 Å². The highest BCUT2D eigenvalue weighted by Gasteiger charge is 2.78. The molecule has 1 aliphatic carbocycles. The number of hydrogen-bond acceptors (Lipinski definition) is 6. The molecule has 0 saturated heterocycles. The molecular weight excluding hydrogens is 467 g/mol. The third-order valence-electron chi connectivity index (χ3n) is 6.74. The number of pyridine rings is 1. The van der Waals surface area contributed by atoms with Gasteiger partial charge in [-0.15, -0.1) is 0 Å². The van der Waals surface area contributed by atoms with Crippen LogP contribution in [0, 0.1) is 5.92 Å². The van der Waals surface area contributed by atoms with Crippen molar-refractivity contribution < 1.29 is 42.4 Å². The molecule has 1 saturated carbocycles. The van der Waals surface area contributed by atoms with Crippen LogP contribution in [0.4, 0.5) is 13.2 Å². The molecule has 2 heterocycles. The SMILES string of the molecule is COc1cncc2c1[C@]1(O)C(=O)[C@H](C(=O)O)[C@@H](c3ccccc3)[C@]1(c1ccc(C(F)(F)F)cc1)O2. The number of carboxylic acid groups (broad SMARTS) is 1. The van der Waals surface area contributed by atoms with Crippen molar-refractivity contribution in [1.29, 1.82) is 0 Å². The van der Waals surface area contributed by atoms with Crippen LogP contribution in [0.15, 0.2) is 67.0 Å². The topological polar surface area (TPSA) is 106 Å². The molecule has 7 nitrogen and oxygen atoms in total. The number of aliphatic hydroxyl groups is 1. The second-order valence-corrected chi connectivity index (χ2v) is 8.41. The van der Waals surface area contributed by atoms with Gasteiger partial charge in [-0.05, 0) is 23.3 Å². The molecule has 1 aromatic heterocycles. The van der Waals surface area contributed by atoms with Crippen LogP contribution in [0.3, 0.4) is 0 Å². The predicted octanol–water partition coefficient (Wildman–Crippen LogP) is 3.65. The number of methoxy groups -OCH3 is 1. The summed E-state index contributed by atoms with van der Waals surface area (Å²) in [7, 11) is 1.28. The van der Waals surface area contributed by atoms with Gasteiger partial charge in [-0.25, -0.2) is 0 Å². The smallest absolute Gasteiger partial charge is 0.416 e. The first-order chi connectivity index (χ1) is 16.6. The van der Waals surface area contributed by atoms with Gasteiger partial charge in [-0.2, -0.15) is 13.2 Å². The molecule has 1 aliphatic heterocycles. The lowest BCUT2D eigenvalue weighted by molar-refractivity contribution is -0.154. The average Bonchev–Trinajstić information content (AvgIpc) is 3.22. The number of carbonyl (C=O) groups is 2. The van der Waals surface area contributed by atoms with Crippen molar-refractivity contribution >= 4 is 11.8 Å². The summed E-state index contributed by atoms with van der Waals surface area (Å²) in [5, 5.41) is 22.3. The predicted molar refractivity (Wildman–Crippen MR) is 114 cm³/mol. The van der Waals surface area contributed by atoms with E-state index < -0.39 is 46.5 Å². The third-order valence-corrected chi connectivity index (χ3v) is 6.74. The highest BCUT2D eigenvalue weighted by atomic mass is 19.4. The van der Waals surface area contributed by atoms with Crippen LogP contribution in [0.2, 0.25) is 0 Å². The van der Waals surface area contributed by atoms with Gasteiger partial charge in [0.15, 0.2) is 11.4 Å². The van der Waals surface area contributed by atoms with Crippen LogP contribution < -0.4 is 9.47 Å². The lowest BCUT2D eigenvalue weighted by Crippen LogP contribution is -2.50. The Hall–Kier alpha value is -3.92. The molecule has 35 heavy (non-hydrogen) atoms. The van der Waals surface area contributed by atoms with Crippen LogP contribution in [0.1, 0.15) is 28.2 Å². The summed E-state index contributed by atoms with van der Waals surface area (Å²) < 4.78 is 51.4. The number of hydrogen-bond donors (Lipinski definition) is 2. The molecule has 0 bridgehead atoms. The Morgan fingerprint density at radius 3 is 2.31 bits per heavy atom. The fraction of sp³-hybridized carbons (Fsp3) is 0.240. The largest absolute Gasteiger partial charge is 0.495 e. The van der Waals surface area contributed by atoms with Gasteiger partial charge in [0.05, 0.1) is 36.5 Å². The van der Waals surface area contributed by atoms with Gasteiger partial charge in [-0.3, -0.25) is 14.6 Å². The minimum atomic E-state index is -4.63.